The number of carbonyl (C=O) groups is 2. The van der Waals surface area contributed by atoms with Crippen LogP contribution in [-0.4, -0.2) is 45.4 Å². The number of anilines is 1. The van der Waals surface area contributed by atoms with E-state index in [-0.39, 0.29) is 5.56 Å². The minimum atomic E-state index is -0.915. The molecular weight excluding hydrogens is 276 g/mol. The van der Waals surface area contributed by atoms with Crippen molar-refractivity contribution in [1.29, 1.82) is 0 Å². The fraction of sp³-hybridized carbons (Fsp3) is 0.429. The molecule has 1 unspecified atom stereocenters. The molecule has 1 aromatic carbocycles. The number of carbonyl (C=O) groups excluding carboxylic acids is 2. The summed E-state index contributed by atoms with van der Waals surface area (Å²) in [6, 6.07) is 4.53. The first-order valence-corrected chi connectivity index (χ1v) is 6.40. The van der Waals surface area contributed by atoms with Gasteiger partial charge in [-0.05, 0) is 19.1 Å². The highest BCUT2D eigenvalue weighted by Gasteiger charge is 2.19. The van der Waals surface area contributed by atoms with Crippen LogP contribution < -0.4 is 15.8 Å². The number of nitrogens with two attached hydrogens (primary N) is 1. The van der Waals surface area contributed by atoms with Gasteiger partial charge in [-0.25, -0.2) is 4.79 Å². The Hall–Kier alpha value is -2.28. The van der Waals surface area contributed by atoms with Gasteiger partial charge in [-0.2, -0.15) is 0 Å². The van der Waals surface area contributed by atoms with Gasteiger partial charge >= 0.3 is 5.97 Å². The number of hydrogen-bond acceptors (Lipinski definition) is 6. The molecule has 0 aliphatic heterocycles. The number of nitrogen functional groups attached to an aromatic ring is 1. The zero-order valence-electron chi connectivity index (χ0n) is 12.3. The molecule has 7 heteroatoms. The average Bonchev–Trinajstić information content (AvgIpc) is 2.46. The fourth-order valence-electron chi connectivity index (χ4n) is 1.56. The first-order chi connectivity index (χ1) is 9.97. The zero-order valence-corrected chi connectivity index (χ0v) is 12.3. The van der Waals surface area contributed by atoms with E-state index in [1.165, 1.54) is 33.3 Å². The fourth-order valence-corrected chi connectivity index (χ4v) is 1.56. The van der Waals surface area contributed by atoms with E-state index in [2.05, 4.69) is 5.32 Å². The number of esters is 1. The Morgan fingerprint density at radius 3 is 2.62 bits per heavy atom. The Morgan fingerprint density at radius 2 is 2.00 bits per heavy atom. The SMILES string of the molecule is COCCNC(=O)C(C)OC(=O)c1cc(N)cc(OC)c1. The molecular formula is C14H20N2O5. The molecule has 0 saturated carbocycles. The van der Waals surface area contributed by atoms with Gasteiger partial charge < -0.3 is 25.3 Å². The van der Waals surface area contributed by atoms with E-state index < -0.39 is 18.0 Å². The summed E-state index contributed by atoms with van der Waals surface area (Å²) in [4.78, 5) is 23.7. The van der Waals surface area contributed by atoms with Crippen molar-refractivity contribution in [1.82, 2.24) is 5.32 Å². The number of rotatable bonds is 7. The summed E-state index contributed by atoms with van der Waals surface area (Å²) in [6.45, 7) is 2.23. The highest BCUT2D eigenvalue weighted by molar-refractivity contribution is 5.93. The molecule has 0 bridgehead atoms. The van der Waals surface area contributed by atoms with E-state index in [0.717, 1.165) is 0 Å². The van der Waals surface area contributed by atoms with Crippen LogP contribution in [0.15, 0.2) is 18.2 Å². The van der Waals surface area contributed by atoms with Crippen LogP contribution in [0.25, 0.3) is 0 Å². The van der Waals surface area contributed by atoms with Gasteiger partial charge in [0.15, 0.2) is 6.10 Å². The molecule has 1 rings (SSSR count). The maximum Gasteiger partial charge on any atom is 0.339 e. The molecule has 0 aliphatic carbocycles. The summed E-state index contributed by atoms with van der Waals surface area (Å²) in [6.07, 6.45) is -0.915. The predicted molar refractivity (Wildman–Crippen MR) is 77.2 cm³/mol. The van der Waals surface area contributed by atoms with Gasteiger partial charge in [-0.15, -0.1) is 0 Å². The topological polar surface area (TPSA) is 99.9 Å². The Kier molecular flexibility index (Phi) is 6.48. The summed E-state index contributed by atoms with van der Waals surface area (Å²) in [7, 11) is 3.00. The van der Waals surface area contributed by atoms with Crippen molar-refractivity contribution in [2.45, 2.75) is 13.0 Å². The highest BCUT2D eigenvalue weighted by atomic mass is 16.5. The molecule has 3 N–H and O–H groups in total. The number of benzene rings is 1. The smallest absolute Gasteiger partial charge is 0.339 e. The number of hydrogen-bond donors (Lipinski definition) is 2. The lowest BCUT2D eigenvalue weighted by Crippen LogP contribution is -2.37. The molecule has 0 aromatic heterocycles. The molecule has 0 fully saturated rings. The minimum absolute atomic E-state index is 0.225. The molecule has 7 nitrogen and oxygen atoms in total. The highest BCUT2D eigenvalue weighted by Crippen LogP contribution is 2.19. The van der Waals surface area contributed by atoms with E-state index >= 15 is 0 Å². The monoisotopic (exact) mass is 296 g/mol. The van der Waals surface area contributed by atoms with E-state index in [0.29, 0.717) is 24.6 Å². The molecule has 0 radical (unpaired) electrons. The third-order valence-corrected chi connectivity index (χ3v) is 2.66. The van der Waals surface area contributed by atoms with Gasteiger partial charge in [0, 0.05) is 25.4 Å². The largest absolute Gasteiger partial charge is 0.497 e. The van der Waals surface area contributed by atoms with Crippen LogP contribution in [0.4, 0.5) is 5.69 Å². The molecule has 1 amide bonds. The van der Waals surface area contributed by atoms with Crippen molar-refractivity contribution in [2.24, 2.45) is 0 Å². The van der Waals surface area contributed by atoms with Crippen molar-refractivity contribution in [3.8, 4) is 5.75 Å². The lowest BCUT2D eigenvalue weighted by Gasteiger charge is -2.14. The van der Waals surface area contributed by atoms with Gasteiger partial charge in [0.25, 0.3) is 5.91 Å². The van der Waals surface area contributed by atoms with Gasteiger partial charge in [0.1, 0.15) is 5.75 Å². The van der Waals surface area contributed by atoms with Crippen LogP contribution in [-0.2, 0) is 14.3 Å². The normalized spacial score (nSPS) is 11.6. The van der Waals surface area contributed by atoms with Gasteiger partial charge in [-0.1, -0.05) is 0 Å². The summed E-state index contributed by atoms with van der Waals surface area (Å²) < 4.78 is 14.9. The third-order valence-electron chi connectivity index (χ3n) is 2.66. The standard InChI is InChI=1S/C14H20N2O5/c1-9(13(17)16-4-5-19-2)21-14(18)10-6-11(15)8-12(7-10)20-3/h6-9H,4-5,15H2,1-3H3,(H,16,17). The van der Waals surface area contributed by atoms with Crippen molar-refractivity contribution >= 4 is 17.6 Å². The first kappa shape index (κ1) is 16.8. The van der Waals surface area contributed by atoms with Crippen LogP contribution in [0, 0.1) is 0 Å². The van der Waals surface area contributed by atoms with Crippen molar-refractivity contribution < 1.29 is 23.8 Å². The Labute approximate surface area is 123 Å². The first-order valence-electron chi connectivity index (χ1n) is 6.40. The number of nitrogens with one attached hydrogen (secondary N) is 1. The number of ether oxygens (including phenoxy) is 3. The lowest BCUT2D eigenvalue weighted by atomic mass is 10.2. The minimum Gasteiger partial charge on any atom is -0.497 e. The summed E-state index contributed by atoms with van der Waals surface area (Å²) in [5.74, 6) is -0.592. The number of amides is 1. The van der Waals surface area contributed by atoms with Gasteiger partial charge in [-0.3, -0.25) is 4.79 Å². The van der Waals surface area contributed by atoms with Crippen molar-refractivity contribution in [3.63, 3.8) is 0 Å². The maximum atomic E-state index is 12.0. The van der Waals surface area contributed by atoms with E-state index in [1.54, 1.807) is 6.07 Å². The third kappa shape index (κ3) is 5.31. The van der Waals surface area contributed by atoms with E-state index in [4.69, 9.17) is 19.9 Å². The Morgan fingerprint density at radius 1 is 1.29 bits per heavy atom. The number of methoxy groups -OCH3 is 2. The second kappa shape index (κ2) is 8.11. The second-order valence-corrected chi connectivity index (χ2v) is 4.33. The van der Waals surface area contributed by atoms with Crippen molar-refractivity contribution in [2.75, 3.05) is 33.1 Å². The lowest BCUT2D eigenvalue weighted by molar-refractivity contribution is -0.129. The molecule has 1 aromatic rings. The molecule has 21 heavy (non-hydrogen) atoms. The summed E-state index contributed by atoms with van der Waals surface area (Å²) >= 11 is 0. The maximum absolute atomic E-state index is 12.0. The molecule has 1 atom stereocenters. The van der Waals surface area contributed by atoms with Crippen LogP contribution in [0.5, 0.6) is 5.75 Å². The molecule has 0 spiro atoms. The van der Waals surface area contributed by atoms with Gasteiger partial charge in [0.2, 0.25) is 0 Å². The average molecular weight is 296 g/mol. The van der Waals surface area contributed by atoms with Crippen LogP contribution in [0.1, 0.15) is 17.3 Å². The zero-order chi connectivity index (χ0) is 15.8. The van der Waals surface area contributed by atoms with Crippen LogP contribution >= 0.6 is 0 Å². The van der Waals surface area contributed by atoms with Crippen LogP contribution in [0.2, 0.25) is 0 Å². The molecule has 0 aliphatic rings. The summed E-state index contributed by atoms with van der Waals surface area (Å²) in [5, 5.41) is 2.58. The Bertz CT molecular complexity index is 504. The van der Waals surface area contributed by atoms with Crippen LogP contribution in [0.3, 0.4) is 0 Å². The van der Waals surface area contributed by atoms with E-state index in [1.807, 2.05) is 0 Å². The van der Waals surface area contributed by atoms with Crippen molar-refractivity contribution in [3.05, 3.63) is 23.8 Å². The molecule has 116 valence electrons. The second-order valence-electron chi connectivity index (χ2n) is 4.33. The molecule has 0 saturated heterocycles. The molecule has 0 heterocycles. The quantitative estimate of drug-likeness (QED) is 0.434. The Balaban J connectivity index is 2.63. The summed E-state index contributed by atoms with van der Waals surface area (Å²) in [5.41, 5.74) is 6.26. The van der Waals surface area contributed by atoms with Gasteiger partial charge in [0.05, 0.1) is 19.3 Å². The van der Waals surface area contributed by atoms with E-state index in [9.17, 15) is 9.59 Å². The predicted octanol–water partition coefficient (Wildman–Crippen LogP) is 0.585.